The Kier molecular flexibility index (Phi) is 4.11. The Balaban J connectivity index is 1.68. The maximum absolute atomic E-state index is 12.3. The number of carbonyl (C=O) groups is 1. The predicted octanol–water partition coefficient (Wildman–Crippen LogP) is 2.47. The molecule has 122 valence electrons. The van der Waals surface area contributed by atoms with Gasteiger partial charge in [-0.1, -0.05) is 25.9 Å². The molecule has 1 fully saturated rings. The summed E-state index contributed by atoms with van der Waals surface area (Å²) in [6.07, 6.45) is 7.73. The summed E-state index contributed by atoms with van der Waals surface area (Å²) < 4.78 is 5.06. The average Bonchev–Trinajstić information content (AvgIpc) is 2.96. The summed E-state index contributed by atoms with van der Waals surface area (Å²) in [5, 5.41) is 6.81. The molecule has 7 nitrogen and oxygen atoms in total. The molecular weight excluding hydrogens is 294 g/mol. The third-order valence-electron chi connectivity index (χ3n) is 4.13. The van der Waals surface area contributed by atoms with Crippen LogP contribution in [0.25, 0.3) is 11.5 Å². The second-order valence-corrected chi connectivity index (χ2v) is 7.10. The second-order valence-electron chi connectivity index (χ2n) is 7.10. The van der Waals surface area contributed by atoms with E-state index in [0.29, 0.717) is 11.6 Å². The van der Waals surface area contributed by atoms with E-state index in [1.165, 1.54) is 18.8 Å². The van der Waals surface area contributed by atoms with Gasteiger partial charge in [0.2, 0.25) is 5.82 Å². The SMILES string of the molecule is CC1CC(NC(=O)c2nc(-c3cnccn3)no2)CC(C)(C)C1. The van der Waals surface area contributed by atoms with Crippen LogP contribution in [-0.4, -0.2) is 32.1 Å². The van der Waals surface area contributed by atoms with E-state index >= 15 is 0 Å². The van der Waals surface area contributed by atoms with Crippen molar-refractivity contribution in [2.45, 2.75) is 46.1 Å². The van der Waals surface area contributed by atoms with Gasteiger partial charge in [-0.05, 0) is 30.6 Å². The van der Waals surface area contributed by atoms with Gasteiger partial charge in [-0.25, -0.2) is 4.98 Å². The van der Waals surface area contributed by atoms with E-state index in [0.717, 1.165) is 12.8 Å². The molecule has 2 heterocycles. The van der Waals surface area contributed by atoms with Crippen molar-refractivity contribution < 1.29 is 9.32 Å². The zero-order valence-corrected chi connectivity index (χ0v) is 13.6. The topological polar surface area (TPSA) is 93.8 Å². The minimum absolute atomic E-state index is 0.0401. The maximum atomic E-state index is 12.3. The van der Waals surface area contributed by atoms with E-state index in [-0.39, 0.29) is 29.1 Å². The number of carbonyl (C=O) groups excluding carboxylic acids is 1. The van der Waals surface area contributed by atoms with Gasteiger partial charge in [0.05, 0.1) is 6.20 Å². The van der Waals surface area contributed by atoms with E-state index in [1.807, 2.05) is 0 Å². The van der Waals surface area contributed by atoms with Crippen LogP contribution in [0.4, 0.5) is 0 Å². The third-order valence-corrected chi connectivity index (χ3v) is 4.13. The molecule has 2 aromatic rings. The summed E-state index contributed by atoms with van der Waals surface area (Å²) >= 11 is 0. The lowest BCUT2D eigenvalue weighted by Crippen LogP contribution is -2.43. The zero-order chi connectivity index (χ0) is 16.4. The van der Waals surface area contributed by atoms with Crippen molar-refractivity contribution in [2.24, 2.45) is 11.3 Å². The van der Waals surface area contributed by atoms with Gasteiger partial charge in [-0.2, -0.15) is 4.98 Å². The third kappa shape index (κ3) is 3.72. The first-order valence-corrected chi connectivity index (χ1v) is 7.84. The molecular formula is C16H21N5O2. The van der Waals surface area contributed by atoms with Gasteiger partial charge in [0.1, 0.15) is 5.69 Å². The monoisotopic (exact) mass is 315 g/mol. The van der Waals surface area contributed by atoms with Gasteiger partial charge in [-0.3, -0.25) is 9.78 Å². The highest BCUT2D eigenvalue weighted by molar-refractivity contribution is 5.90. The second kappa shape index (κ2) is 6.06. The number of hydrogen-bond donors (Lipinski definition) is 1. The van der Waals surface area contributed by atoms with Crippen molar-refractivity contribution in [3.05, 3.63) is 24.5 Å². The fraction of sp³-hybridized carbons (Fsp3) is 0.562. The molecule has 0 aliphatic heterocycles. The first kappa shape index (κ1) is 15.6. The summed E-state index contributed by atoms with van der Waals surface area (Å²) in [5.74, 6) is 0.478. The van der Waals surface area contributed by atoms with E-state index < -0.39 is 0 Å². The van der Waals surface area contributed by atoms with Crippen molar-refractivity contribution in [1.29, 1.82) is 0 Å². The van der Waals surface area contributed by atoms with Crippen LogP contribution in [0, 0.1) is 11.3 Å². The minimum atomic E-state index is -0.331. The molecule has 1 saturated carbocycles. The minimum Gasteiger partial charge on any atom is -0.345 e. The number of hydrogen-bond acceptors (Lipinski definition) is 6. The first-order chi connectivity index (χ1) is 10.9. The first-order valence-electron chi connectivity index (χ1n) is 7.84. The largest absolute Gasteiger partial charge is 0.345 e. The Hall–Kier alpha value is -2.31. The quantitative estimate of drug-likeness (QED) is 0.935. The van der Waals surface area contributed by atoms with E-state index in [2.05, 4.69) is 46.2 Å². The van der Waals surface area contributed by atoms with Crippen LogP contribution < -0.4 is 5.32 Å². The maximum Gasteiger partial charge on any atom is 0.316 e. The van der Waals surface area contributed by atoms with Crippen LogP contribution in [-0.2, 0) is 0 Å². The van der Waals surface area contributed by atoms with Gasteiger partial charge < -0.3 is 9.84 Å². The van der Waals surface area contributed by atoms with Gasteiger partial charge >= 0.3 is 11.8 Å². The normalized spacial score (nSPS) is 23.4. The molecule has 0 aromatic carbocycles. The molecule has 0 radical (unpaired) electrons. The van der Waals surface area contributed by atoms with Crippen molar-refractivity contribution in [3.8, 4) is 11.5 Å². The highest BCUT2D eigenvalue weighted by Gasteiger charge is 2.33. The van der Waals surface area contributed by atoms with Crippen LogP contribution in [0.15, 0.2) is 23.1 Å². The molecule has 23 heavy (non-hydrogen) atoms. The molecule has 1 aliphatic rings. The van der Waals surface area contributed by atoms with Crippen molar-refractivity contribution in [3.63, 3.8) is 0 Å². The fourth-order valence-electron chi connectivity index (χ4n) is 3.54. The number of aromatic nitrogens is 4. The summed E-state index contributed by atoms with van der Waals surface area (Å²) in [4.78, 5) is 24.5. The molecule has 1 N–H and O–H groups in total. The highest BCUT2D eigenvalue weighted by Crippen LogP contribution is 2.38. The smallest absolute Gasteiger partial charge is 0.316 e. The molecule has 2 aromatic heterocycles. The molecule has 0 saturated heterocycles. The predicted molar refractivity (Wildman–Crippen MR) is 83.4 cm³/mol. The summed E-state index contributed by atoms with van der Waals surface area (Å²) in [6.45, 7) is 6.69. The fourth-order valence-corrected chi connectivity index (χ4v) is 3.54. The Morgan fingerprint density at radius 1 is 1.35 bits per heavy atom. The van der Waals surface area contributed by atoms with E-state index in [1.54, 1.807) is 6.20 Å². The number of amides is 1. The van der Waals surface area contributed by atoms with Gasteiger partial charge in [0.15, 0.2) is 0 Å². The molecule has 7 heteroatoms. The van der Waals surface area contributed by atoms with Crippen LogP contribution in [0.1, 0.15) is 50.7 Å². The number of rotatable bonds is 3. The summed E-state index contributed by atoms with van der Waals surface area (Å²) in [7, 11) is 0. The Bertz CT molecular complexity index is 683. The molecule has 1 aliphatic carbocycles. The summed E-state index contributed by atoms with van der Waals surface area (Å²) in [5.41, 5.74) is 0.706. The molecule has 0 bridgehead atoms. The Morgan fingerprint density at radius 3 is 2.87 bits per heavy atom. The molecule has 3 rings (SSSR count). The molecule has 2 unspecified atom stereocenters. The molecule has 2 atom stereocenters. The lowest BCUT2D eigenvalue weighted by Gasteiger charge is -2.39. The van der Waals surface area contributed by atoms with E-state index in [4.69, 9.17) is 4.52 Å². The van der Waals surface area contributed by atoms with Gasteiger partial charge in [0.25, 0.3) is 0 Å². The molecule has 0 spiro atoms. The van der Waals surface area contributed by atoms with Gasteiger partial charge in [0, 0.05) is 18.4 Å². The van der Waals surface area contributed by atoms with Crippen LogP contribution in [0.3, 0.4) is 0 Å². The van der Waals surface area contributed by atoms with Crippen LogP contribution >= 0.6 is 0 Å². The van der Waals surface area contributed by atoms with Crippen molar-refractivity contribution in [2.75, 3.05) is 0 Å². The average molecular weight is 315 g/mol. The molecule has 1 amide bonds. The lowest BCUT2D eigenvalue weighted by atomic mass is 9.70. The van der Waals surface area contributed by atoms with Crippen molar-refractivity contribution >= 4 is 5.91 Å². The van der Waals surface area contributed by atoms with Crippen LogP contribution in [0.2, 0.25) is 0 Å². The summed E-state index contributed by atoms with van der Waals surface area (Å²) in [6, 6.07) is 0.133. The van der Waals surface area contributed by atoms with E-state index in [9.17, 15) is 4.79 Å². The van der Waals surface area contributed by atoms with Gasteiger partial charge in [-0.15, -0.1) is 0 Å². The zero-order valence-electron chi connectivity index (χ0n) is 13.6. The Labute approximate surface area is 134 Å². The Morgan fingerprint density at radius 2 is 2.17 bits per heavy atom. The number of nitrogens with one attached hydrogen (secondary N) is 1. The standard InChI is InChI=1S/C16H21N5O2/c1-10-6-11(8-16(2,3)7-10)19-14(22)15-20-13(21-23-15)12-9-17-4-5-18-12/h4-5,9-11H,6-8H2,1-3H3,(H,19,22). The van der Waals surface area contributed by atoms with Crippen LogP contribution in [0.5, 0.6) is 0 Å². The lowest BCUT2D eigenvalue weighted by molar-refractivity contribution is 0.0831. The van der Waals surface area contributed by atoms with Crippen molar-refractivity contribution in [1.82, 2.24) is 25.4 Å². The highest BCUT2D eigenvalue weighted by atomic mass is 16.5. The number of nitrogens with zero attached hydrogens (tertiary/aromatic N) is 4.